The van der Waals surface area contributed by atoms with E-state index in [1.54, 1.807) is 36.3 Å². The molecule has 9 nitrogen and oxygen atoms in total. The topological polar surface area (TPSA) is 108 Å². The van der Waals surface area contributed by atoms with E-state index in [0.717, 1.165) is 10.9 Å². The highest BCUT2D eigenvalue weighted by Crippen LogP contribution is 2.26. The third-order valence-electron chi connectivity index (χ3n) is 5.80. The van der Waals surface area contributed by atoms with Crippen molar-refractivity contribution in [2.24, 2.45) is 7.05 Å². The number of amides is 1. The zero-order chi connectivity index (χ0) is 24.7. The molecule has 176 valence electrons. The average molecular weight is 488 g/mol. The molecule has 0 aliphatic carbocycles. The first-order chi connectivity index (χ1) is 16.8. The lowest BCUT2D eigenvalue weighted by molar-refractivity contribution is -0.115. The van der Waals surface area contributed by atoms with Crippen molar-refractivity contribution in [3.05, 3.63) is 77.2 Å². The Hall–Kier alpha value is -4.11. The summed E-state index contributed by atoms with van der Waals surface area (Å²) in [6.07, 6.45) is 7.94. The lowest BCUT2D eigenvalue weighted by atomic mass is 10.1. The summed E-state index contributed by atoms with van der Waals surface area (Å²) in [6.45, 7) is 4.04. The number of aryl methyl sites for hydroxylation is 1. The van der Waals surface area contributed by atoms with Gasteiger partial charge in [0.25, 0.3) is 0 Å². The molecule has 1 N–H and O–H groups in total. The van der Waals surface area contributed by atoms with Crippen LogP contribution in [0, 0.1) is 0 Å². The van der Waals surface area contributed by atoms with Gasteiger partial charge in [-0.3, -0.25) is 19.3 Å². The standard InChI is InChI=1S/C25H22ClN7O2/c1-14(2)33-12-20(19-11-28-13-29-25(19)33)24(35)15-6-17(10-27-9-15)30-23(34)8-21-18-5-4-16(26)7-22(18)32(3)31-21/h4-7,9-14H,8H2,1-3H3,(H,30,34). The summed E-state index contributed by atoms with van der Waals surface area (Å²) in [5, 5.41) is 9.41. The highest BCUT2D eigenvalue weighted by molar-refractivity contribution is 6.31. The van der Waals surface area contributed by atoms with Gasteiger partial charge in [-0.15, -0.1) is 0 Å². The molecule has 35 heavy (non-hydrogen) atoms. The Morgan fingerprint density at radius 3 is 2.71 bits per heavy atom. The molecule has 0 saturated heterocycles. The molecule has 0 spiro atoms. The minimum Gasteiger partial charge on any atom is -0.329 e. The maximum Gasteiger partial charge on any atom is 0.230 e. The number of hydrogen-bond acceptors (Lipinski definition) is 6. The Morgan fingerprint density at radius 1 is 1.09 bits per heavy atom. The summed E-state index contributed by atoms with van der Waals surface area (Å²) in [7, 11) is 1.81. The van der Waals surface area contributed by atoms with E-state index in [1.807, 2.05) is 30.5 Å². The number of halogens is 1. The van der Waals surface area contributed by atoms with E-state index in [-0.39, 0.29) is 24.2 Å². The fourth-order valence-corrected chi connectivity index (χ4v) is 4.31. The lowest BCUT2D eigenvalue weighted by Crippen LogP contribution is -2.15. The minimum atomic E-state index is -0.267. The first-order valence-corrected chi connectivity index (χ1v) is 11.4. The lowest BCUT2D eigenvalue weighted by Gasteiger charge is -2.07. The molecule has 4 heterocycles. The van der Waals surface area contributed by atoms with Crippen LogP contribution in [0.1, 0.15) is 41.5 Å². The van der Waals surface area contributed by atoms with Crippen LogP contribution >= 0.6 is 11.6 Å². The number of carbonyl (C=O) groups is 2. The molecule has 1 amide bonds. The Kier molecular flexibility index (Phi) is 5.78. The van der Waals surface area contributed by atoms with Crippen LogP contribution < -0.4 is 5.32 Å². The van der Waals surface area contributed by atoms with E-state index in [0.29, 0.717) is 38.6 Å². The van der Waals surface area contributed by atoms with E-state index in [1.165, 1.54) is 18.7 Å². The van der Waals surface area contributed by atoms with Gasteiger partial charge in [0, 0.05) is 53.0 Å². The second-order valence-corrected chi connectivity index (χ2v) is 8.99. The van der Waals surface area contributed by atoms with Gasteiger partial charge in [-0.25, -0.2) is 9.97 Å². The third kappa shape index (κ3) is 4.26. The molecular formula is C25H22ClN7O2. The van der Waals surface area contributed by atoms with Crippen molar-refractivity contribution in [1.82, 2.24) is 29.3 Å². The molecule has 0 fully saturated rings. The van der Waals surface area contributed by atoms with Gasteiger partial charge < -0.3 is 9.88 Å². The number of anilines is 1. The van der Waals surface area contributed by atoms with Gasteiger partial charge in [-0.05, 0) is 38.1 Å². The first kappa shape index (κ1) is 22.7. The first-order valence-electron chi connectivity index (χ1n) is 11.0. The molecule has 0 bridgehead atoms. The smallest absolute Gasteiger partial charge is 0.230 e. The summed E-state index contributed by atoms with van der Waals surface area (Å²) in [5.74, 6) is -0.489. The normalized spacial score (nSPS) is 11.5. The predicted octanol–water partition coefficient (Wildman–Crippen LogP) is 4.36. The highest BCUT2D eigenvalue weighted by Gasteiger charge is 2.20. The van der Waals surface area contributed by atoms with Crippen molar-refractivity contribution in [3.8, 4) is 0 Å². The van der Waals surface area contributed by atoms with Crippen molar-refractivity contribution in [2.45, 2.75) is 26.3 Å². The number of hydrogen-bond donors (Lipinski definition) is 1. The fraction of sp³-hybridized carbons (Fsp3) is 0.200. The Balaban J connectivity index is 1.39. The molecule has 0 aliphatic heterocycles. The van der Waals surface area contributed by atoms with E-state index in [9.17, 15) is 9.59 Å². The van der Waals surface area contributed by atoms with Crippen LogP contribution in [0.4, 0.5) is 5.69 Å². The molecule has 1 aromatic carbocycles. The summed E-state index contributed by atoms with van der Waals surface area (Å²) in [4.78, 5) is 38.7. The number of fused-ring (bicyclic) bond motifs is 2. The van der Waals surface area contributed by atoms with Crippen LogP contribution in [0.15, 0.2) is 55.4 Å². The van der Waals surface area contributed by atoms with Gasteiger partial charge >= 0.3 is 0 Å². The zero-order valence-corrected chi connectivity index (χ0v) is 20.1. The number of aromatic nitrogens is 6. The largest absolute Gasteiger partial charge is 0.329 e. The Bertz CT molecular complexity index is 1600. The van der Waals surface area contributed by atoms with Crippen LogP contribution in [0.3, 0.4) is 0 Å². The Morgan fingerprint density at radius 2 is 1.91 bits per heavy atom. The maximum absolute atomic E-state index is 13.4. The van der Waals surface area contributed by atoms with Crippen LogP contribution in [0.25, 0.3) is 21.9 Å². The number of rotatable bonds is 6. The average Bonchev–Trinajstić information content (AvgIpc) is 3.36. The monoisotopic (exact) mass is 487 g/mol. The summed E-state index contributed by atoms with van der Waals surface area (Å²) < 4.78 is 3.63. The molecule has 0 unspecified atom stereocenters. The van der Waals surface area contributed by atoms with E-state index >= 15 is 0 Å². The van der Waals surface area contributed by atoms with Crippen molar-refractivity contribution in [2.75, 3.05) is 5.32 Å². The zero-order valence-electron chi connectivity index (χ0n) is 19.4. The molecule has 5 aromatic rings. The third-order valence-corrected chi connectivity index (χ3v) is 6.03. The molecule has 0 aliphatic rings. The molecular weight excluding hydrogens is 466 g/mol. The number of pyridine rings is 1. The molecule has 10 heteroatoms. The van der Waals surface area contributed by atoms with E-state index < -0.39 is 0 Å². The SMILES string of the molecule is CC(C)n1cc(C(=O)c2cncc(NC(=O)Cc3nn(C)c4cc(Cl)ccc34)c2)c2cncnc21. The van der Waals surface area contributed by atoms with Gasteiger partial charge in [0.15, 0.2) is 5.78 Å². The molecule has 0 atom stereocenters. The van der Waals surface area contributed by atoms with Gasteiger partial charge in [0.2, 0.25) is 5.91 Å². The molecule has 4 aromatic heterocycles. The molecule has 0 radical (unpaired) electrons. The number of ketones is 1. The number of carbonyl (C=O) groups excluding carboxylic acids is 2. The van der Waals surface area contributed by atoms with Gasteiger partial charge in [-0.2, -0.15) is 5.10 Å². The van der Waals surface area contributed by atoms with Gasteiger partial charge in [0.05, 0.1) is 35.1 Å². The summed E-state index contributed by atoms with van der Waals surface area (Å²) in [6, 6.07) is 7.17. The minimum absolute atomic E-state index is 0.0658. The number of nitrogens with zero attached hydrogens (tertiary/aromatic N) is 6. The van der Waals surface area contributed by atoms with Crippen molar-refractivity contribution < 1.29 is 9.59 Å². The second kappa shape index (κ2) is 8.92. The van der Waals surface area contributed by atoms with Crippen LogP contribution in [0.2, 0.25) is 5.02 Å². The quantitative estimate of drug-likeness (QED) is 0.356. The number of benzene rings is 1. The van der Waals surface area contributed by atoms with Crippen molar-refractivity contribution in [1.29, 1.82) is 0 Å². The van der Waals surface area contributed by atoms with Crippen LogP contribution in [-0.2, 0) is 18.3 Å². The Labute approximate surface area is 205 Å². The second-order valence-electron chi connectivity index (χ2n) is 8.55. The number of nitrogens with one attached hydrogen (secondary N) is 1. The van der Waals surface area contributed by atoms with Crippen molar-refractivity contribution >= 4 is 50.9 Å². The highest BCUT2D eigenvalue weighted by atomic mass is 35.5. The van der Waals surface area contributed by atoms with E-state index in [2.05, 4.69) is 25.4 Å². The van der Waals surface area contributed by atoms with Gasteiger partial charge in [0.1, 0.15) is 12.0 Å². The molecule has 5 rings (SSSR count). The summed E-state index contributed by atoms with van der Waals surface area (Å²) in [5.41, 5.74) is 3.44. The predicted molar refractivity (Wildman–Crippen MR) is 134 cm³/mol. The summed E-state index contributed by atoms with van der Waals surface area (Å²) >= 11 is 6.08. The van der Waals surface area contributed by atoms with E-state index in [4.69, 9.17) is 11.6 Å². The van der Waals surface area contributed by atoms with Crippen LogP contribution in [0.5, 0.6) is 0 Å². The van der Waals surface area contributed by atoms with Gasteiger partial charge in [-0.1, -0.05) is 11.6 Å². The fourth-order valence-electron chi connectivity index (χ4n) is 4.14. The maximum atomic E-state index is 13.4. The van der Waals surface area contributed by atoms with Crippen LogP contribution in [-0.4, -0.2) is 41.0 Å². The molecule has 0 saturated carbocycles. The van der Waals surface area contributed by atoms with Crippen molar-refractivity contribution in [3.63, 3.8) is 0 Å².